The zero-order chi connectivity index (χ0) is 24.2. The zero-order valence-corrected chi connectivity index (χ0v) is 19.9. The molecule has 3 rings (SSSR count). The Hall–Kier alpha value is -3.36. The third-order valence-corrected chi connectivity index (χ3v) is 7.17. The molecular formula is C24H23ClN2O5S. The second-order valence-corrected chi connectivity index (χ2v) is 9.60. The fourth-order valence-electron chi connectivity index (χ4n) is 3.12. The van der Waals surface area contributed by atoms with Crippen LogP contribution in [0, 0.1) is 13.8 Å². The van der Waals surface area contributed by atoms with E-state index in [1.165, 1.54) is 37.4 Å². The van der Waals surface area contributed by atoms with Gasteiger partial charge in [-0.2, -0.15) is 0 Å². The van der Waals surface area contributed by atoms with Crippen molar-refractivity contribution in [2.75, 3.05) is 23.3 Å². The minimum absolute atomic E-state index is 0.0653. The van der Waals surface area contributed by atoms with Gasteiger partial charge in [0.1, 0.15) is 6.54 Å². The number of sulfonamides is 1. The Bertz CT molecular complexity index is 1290. The summed E-state index contributed by atoms with van der Waals surface area (Å²) >= 11 is 6.02. The van der Waals surface area contributed by atoms with Crippen LogP contribution in [0.15, 0.2) is 71.6 Å². The average Bonchev–Trinajstić information content (AvgIpc) is 2.80. The molecule has 3 aromatic carbocycles. The Morgan fingerprint density at radius 2 is 1.67 bits per heavy atom. The van der Waals surface area contributed by atoms with Gasteiger partial charge in [-0.15, -0.1) is 0 Å². The number of amides is 1. The van der Waals surface area contributed by atoms with E-state index >= 15 is 0 Å². The molecule has 0 bridgehead atoms. The predicted octanol–water partition coefficient (Wildman–Crippen LogP) is 4.58. The number of halogens is 1. The normalized spacial score (nSPS) is 11.0. The van der Waals surface area contributed by atoms with E-state index in [-0.39, 0.29) is 21.2 Å². The van der Waals surface area contributed by atoms with Crippen LogP contribution >= 0.6 is 11.6 Å². The van der Waals surface area contributed by atoms with E-state index in [9.17, 15) is 18.0 Å². The second kappa shape index (κ2) is 10.1. The maximum Gasteiger partial charge on any atom is 0.339 e. The fraction of sp³-hybridized carbons (Fsp3) is 0.167. The van der Waals surface area contributed by atoms with Crippen LogP contribution in [0.3, 0.4) is 0 Å². The highest BCUT2D eigenvalue weighted by Crippen LogP contribution is 2.26. The summed E-state index contributed by atoms with van der Waals surface area (Å²) in [5, 5.41) is 2.80. The summed E-state index contributed by atoms with van der Waals surface area (Å²) in [5.41, 5.74) is 2.61. The van der Waals surface area contributed by atoms with Gasteiger partial charge in [-0.1, -0.05) is 35.9 Å². The molecule has 33 heavy (non-hydrogen) atoms. The zero-order valence-electron chi connectivity index (χ0n) is 18.3. The first-order valence-electron chi connectivity index (χ1n) is 9.96. The smallest absolute Gasteiger partial charge is 0.339 e. The van der Waals surface area contributed by atoms with Crippen LogP contribution in [-0.4, -0.2) is 33.9 Å². The summed E-state index contributed by atoms with van der Waals surface area (Å²) in [4.78, 5) is 24.8. The quantitative estimate of drug-likeness (QED) is 0.493. The average molecular weight is 487 g/mol. The van der Waals surface area contributed by atoms with Gasteiger partial charge in [0, 0.05) is 5.69 Å². The van der Waals surface area contributed by atoms with Crippen LogP contribution < -0.4 is 9.62 Å². The lowest BCUT2D eigenvalue weighted by Crippen LogP contribution is -2.38. The van der Waals surface area contributed by atoms with Gasteiger partial charge in [0.05, 0.1) is 28.3 Å². The lowest BCUT2D eigenvalue weighted by molar-refractivity contribution is -0.114. The number of nitrogens with zero attached hydrogens (tertiary/aromatic N) is 1. The Kier molecular flexibility index (Phi) is 7.40. The maximum absolute atomic E-state index is 13.4. The maximum atomic E-state index is 13.4. The van der Waals surface area contributed by atoms with Gasteiger partial charge < -0.3 is 10.1 Å². The number of ether oxygens (including phenoxy) is 1. The van der Waals surface area contributed by atoms with Gasteiger partial charge in [-0.3, -0.25) is 9.10 Å². The summed E-state index contributed by atoms with van der Waals surface area (Å²) < 4.78 is 32.6. The molecule has 0 saturated carbocycles. The van der Waals surface area contributed by atoms with Gasteiger partial charge in [0.15, 0.2) is 0 Å². The number of carbonyl (C=O) groups excluding carboxylic acids is 2. The van der Waals surface area contributed by atoms with E-state index in [1.807, 2.05) is 13.8 Å². The summed E-state index contributed by atoms with van der Waals surface area (Å²) in [7, 11) is -2.80. The predicted molar refractivity (Wildman–Crippen MR) is 128 cm³/mol. The third-order valence-electron chi connectivity index (χ3n) is 5.05. The first kappa shape index (κ1) is 24.3. The van der Waals surface area contributed by atoms with Crippen molar-refractivity contribution in [3.05, 3.63) is 88.4 Å². The number of rotatable bonds is 7. The minimum Gasteiger partial charge on any atom is -0.465 e. The first-order chi connectivity index (χ1) is 15.6. The summed E-state index contributed by atoms with van der Waals surface area (Å²) in [6, 6.07) is 17.4. The van der Waals surface area contributed by atoms with Crippen LogP contribution in [0.5, 0.6) is 0 Å². The van der Waals surface area contributed by atoms with Crippen molar-refractivity contribution in [3.63, 3.8) is 0 Å². The minimum atomic E-state index is -4.03. The van der Waals surface area contributed by atoms with Crippen molar-refractivity contribution >= 4 is 44.9 Å². The molecule has 0 aliphatic carbocycles. The highest BCUT2D eigenvalue weighted by atomic mass is 35.5. The lowest BCUT2D eigenvalue weighted by atomic mass is 10.1. The lowest BCUT2D eigenvalue weighted by Gasteiger charge is -2.25. The van der Waals surface area contributed by atoms with Crippen LogP contribution in [0.25, 0.3) is 0 Å². The first-order valence-corrected chi connectivity index (χ1v) is 11.8. The Labute approximate surface area is 198 Å². The molecule has 0 aliphatic heterocycles. The molecular weight excluding hydrogens is 464 g/mol. The van der Waals surface area contributed by atoms with E-state index in [2.05, 4.69) is 5.32 Å². The molecule has 9 heteroatoms. The number of hydrogen-bond acceptors (Lipinski definition) is 5. The topological polar surface area (TPSA) is 92.8 Å². The van der Waals surface area contributed by atoms with E-state index in [0.717, 1.165) is 15.4 Å². The molecule has 0 saturated heterocycles. The number of anilines is 2. The highest BCUT2D eigenvalue weighted by Gasteiger charge is 2.27. The largest absolute Gasteiger partial charge is 0.465 e. The molecule has 0 unspecified atom stereocenters. The fourth-order valence-corrected chi connectivity index (χ4v) is 4.74. The molecule has 0 heterocycles. The molecule has 1 amide bonds. The van der Waals surface area contributed by atoms with Crippen molar-refractivity contribution in [2.24, 2.45) is 0 Å². The molecule has 7 nitrogen and oxygen atoms in total. The van der Waals surface area contributed by atoms with E-state index in [4.69, 9.17) is 16.3 Å². The Morgan fingerprint density at radius 1 is 0.970 bits per heavy atom. The van der Waals surface area contributed by atoms with Gasteiger partial charge in [-0.25, -0.2) is 13.2 Å². The van der Waals surface area contributed by atoms with Gasteiger partial charge >= 0.3 is 5.97 Å². The number of hydrogen-bond donors (Lipinski definition) is 1. The molecule has 3 aromatic rings. The molecule has 0 fully saturated rings. The molecule has 0 aromatic heterocycles. The Morgan fingerprint density at radius 3 is 2.30 bits per heavy atom. The standard InChI is InChI=1S/C24H23ClN2O5S/c1-16-9-11-19(13-17(16)2)27(33(30,31)20-7-5-4-6-8-20)15-23(28)26-18-10-12-22(25)21(14-18)24(29)32-3/h4-14H,15H2,1-3H3,(H,26,28). The van der Waals surface area contributed by atoms with Gasteiger partial charge in [-0.05, 0) is 67.4 Å². The number of esters is 1. The molecule has 172 valence electrons. The number of benzene rings is 3. The van der Waals surface area contributed by atoms with Crippen LogP contribution in [0.1, 0.15) is 21.5 Å². The number of methoxy groups -OCH3 is 1. The van der Waals surface area contributed by atoms with Crippen molar-refractivity contribution in [1.29, 1.82) is 0 Å². The van der Waals surface area contributed by atoms with Crippen molar-refractivity contribution in [2.45, 2.75) is 18.7 Å². The van der Waals surface area contributed by atoms with Gasteiger partial charge in [0.2, 0.25) is 5.91 Å². The highest BCUT2D eigenvalue weighted by molar-refractivity contribution is 7.92. The van der Waals surface area contributed by atoms with Gasteiger partial charge in [0.25, 0.3) is 10.0 Å². The summed E-state index contributed by atoms with van der Waals surface area (Å²) in [6.45, 7) is 3.31. The third kappa shape index (κ3) is 5.53. The van der Waals surface area contributed by atoms with Crippen molar-refractivity contribution < 1.29 is 22.7 Å². The molecule has 1 N–H and O–H groups in total. The van der Waals surface area contributed by atoms with Crippen LogP contribution in [0.2, 0.25) is 5.02 Å². The number of carbonyl (C=O) groups is 2. The van der Waals surface area contributed by atoms with Crippen LogP contribution in [0.4, 0.5) is 11.4 Å². The molecule has 0 spiro atoms. The van der Waals surface area contributed by atoms with E-state index < -0.39 is 28.4 Å². The molecule has 0 aliphatic rings. The summed E-state index contributed by atoms with van der Waals surface area (Å²) in [6.07, 6.45) is 0. The monoisotopic (exact) mass is 486 g/mol. The number of nitrogens with one attached hydrogen (secondary N) is 1. The molecule has 0 radical (unpaired) electrons. The van der Waals surface area contributed by atoms with E-state index in [1.54, 1.807) is 36.4 Å². The SMILES string of the molecule is COC(=O)c1cc(NC(=O)CN(c2ccc(C)c(C)c2)S(=O)(=O)c2ccccc2)ccc1Cl. The van der Waals surface area contributed by atoms with Crippen molar-refractivity contribution in [3.8, 4) is 0 Å². The van der Waals surface area contributed by atoms with Crippen LogP contribution in [-0.2, 0) is 19.6 Å². The van der Waals surface area contributed by atoms with Crippen molar-refractivity contribution in [1.82, 2.24) is 0 Å². The Balaban J connectivity index is 1.94. The number of aryl methyl sites for hydroxylation is 2. The van der Waals surface area contributed by atoms with E-state index in [0.29, 0.717) is 5.69 Å². The molecule has 0 atom stereocenters. The summed E-state index contributed by atoms with van der Waals surface area (Å²) in [5.74, 6) is -1.25. The second-order valence-electron chi connectivity index (χ2n) is 7.33.